The van der Waals surface area contributed by atoms with Gasteiger partial charge in [-0.3, -0.25) is 0 Å². The predicted molar refractivity (Wildman–Crippen MR) is 67.9 cm³/mol. The maximum absolute atomic E-state index is 5.24. The zero-order valence-corrected chi connectivity index (χ0v) is 9.69. The zero-order chi connectivity index (χ0) is 12.0. The van der Waals surface area contributed by atoms with Gasteiger partial charge >= 0.3 is 0 Å². The van der Waals surface area contributed by atoms with Gasteiger partial charge in [0.2, 0.25) is 0 Å². The summed E-state index contributed by atoms with van der Waals surface area (Å²) in [5.41, 5.74) is 2.02. The zero-order valence-electron chi connectivity index (χ0n) is 9.69. The van der Waals surface area contributed by atoms with Crippen molar-refractivity contribution < 1.29 is 9.47 Å². The molecule has 0 aromatic heterocycles. The highest BCUT2D eigenvalue weighted by Crippen LogP contribution is 2.30. The summed E-state index contributed by atoms with van der Waals surface area (Å²) >= 11 is 0. The minimum Gasteiger partial charge on any atom is -0.493 e. The van der Waals surface area contributed by atoms with Crippen molar-refractivity contribution in [2.75, 3.05) is 14.2 Å². The Bertz CT molecular complexity index is 417. The lowest BCUT2D eigenvalue weighted by molar-refractivity contribution is 0.355. The van der Waals surface area contributed by atoms with E-state index < -0.39 is 0 Å². The number of methoxy groups -OCH3 is 2. The lowest BCUT2D eigenvalue weighted by Crippen LogP contribution is -1.91. The van der Waals surface area contributed by atoms with Crippen molar-refractivity contribution in [2.45, 2.75) is 0 Å². The fourth-order valence-electron chi connectivity index (χ4n) is 1.42. The second-order valence-corrected chi connectivity index (χ2v) is 3.13. The SMILES string of the molecule is C=C/C=C(\C=C)c1ccc(OC)c(OC)c1. The first-order valence-electron chi connectivity index (χ1n) is 4.94. The van der Waals surface area contributed by atoms with Crippen LogP contribution < -0.4 is 9.47 Å². The molecule has 0 atom stereocenters. The highest BCUT2D eigenvalue weighted by Gasteiger charge is 2.05. The first kappa shape index (κ1) is 12.1. The van der Waals surface area contributed by atoms with Gasteiger partial charge in [0.1, 0.15) is 0 Å². The quantitative estimate of drug-likeness (QED) is 0.702. The average Bonchev–Trinajstić information content (AvgIpc) is 2.35. The summed E-state index contributed by atoms with van der Waals surface area (Å²) in [6, 6.07) is 5.74. The molecule has 0 aliphatic carbocycles. The molecule has 0 heterocycles. The molecule has 0 saturated heterocycles. The molecule has 0 saturated carbocycles. The molecule has 0 fully saturated rings. The number of allylic oxidation sites excluding steroid dienone is 4. The Morgan fingerprint density at radius 3 is 2.31 bits per heavy atom. The van der Waals surface area contributed by atoms with Gasteiger partial charge in [0.25, 0.3) is 0 Å². The third kappa shape index (κ3) is 2.54. The van der Waals surface area contributed by atoms with Crippen LogP contribution in [0.3, 0.4) is 0 Å². The van der Waals surface area contributed by atoms with E-state index in [0.29, 0.717) is 11.5 Å². The maximum Gasteiger partial charge on any atom is 0.161 e. The van der Waals surface area contributed by atoms with Crippen molar-refractivity contribution in [3.05, 3.63) is 55.1 Å². The average molecular weight is 216 g/mol. The van der Waals surface area contributed by atoms with E-state index in [9.17, 15) is 0 Å². The van der Waals surface area contributed by atoms with E-state index in [1.807, 2.05) is 24.3 Å². The molecule has 0 N–H and O–H groups in total. The van der Waals surface area contributed by atoms with Crippen molar-refractivity contribution in [1.82, 2.24) is 0 Å². The predicted octanol–water partition coefficient (Wildman–Crippen LogP) is 3.46. The third-order valence-electron chi connectivity index (χ3n) is 2.23. The molecule has 16 heavy (non-hydrogen) atoms. The summed E-state index contributed by atoms with van der Waals surface area (Å²) in [5, 5.41) is 0. The number of hydrogen-bond donors (Lipinski definition) is 0. The molecule has 1 aromatic carbocycles. The molecule has 0 bridgehead atoms. The van der Waals surface area contributed by atoms with Crippen LogP contribution in [0.15, 0.2) is 49.6 Å². The van der Waals surface area contributed by atoms with E-state index in [-0.39, 0.29) is 0 Å². The lowest BCUT2D eigenvalue weighted by Gasteiger charge is -2.09. The largest absolute Gasteiger partial charge is 0.493 e. The molecule has 0 aliphatic rings. The van der Waals surface area contributed by atoms with Crippen molar-refractivity contribution in [2.24, 2.45) is 0 Å². The molecule has 2 nitrogen and oxygen atoms in total. The first-order chi connectivity index (χ1) is 7.76. The summed E-state index contributed by atoms with van der Waals surface area (Å²) in [7, 11) is 3.23. The van der Waals surface area contributed by atoms with Crippen LogP contribution in [0.4, 0.5) is 0 Å². The Hall–Kier alpha value is -1.96. The molecule has 0 unspecified atom stereocenters. The van der Waals surface area contributed by atoms with Crippen molar-refractivity contribution in [3.63, 3.8) is 0 Å². The standard InChI is InChI=1S/C14H16O2/c1-5-7-11(6-2)12-8-9-13(15-3)14(10-12)16-4/h5-10H,1-2H2,3-4H3/b11-7+. The Balaban J connectivity index is 3.21. The van der Waals surface area contributed by atoms with Gasteiger partial charge in [-0.2, -0.15) is 0 Å². The van der Waals surface area contributed by atoms with Gasteiger partial charge in [-0.1, -0.05) is 37.5 Å². The summed E-state index contributed by atoms with van der Waals surface area (Å²) < 4.78 is 10.4. The smallest absolute Gasteiger partial charge is 0.161 e. The Kier molecular flexibility index (Phi) is 4.40. The van der Waals surface area contributed by atoms with Gasteiger partial charge in [-0.25, -0.2) is 0 Å². The fraction of sp³-hybridized carbons (Fsp3) is 0.143. The molecule has 1 rings (SSSR count). The van der Waals surface area contributed by atoms with E-state index in [1.54, 1.807) is 26.4 Å². The van der Waals surface area contributed by atoms with Crippen molar-refractivity contribution in [1.29, 1.82) is 0 Å². The molecule has 0 amide bonds. The number of ether oxygens (including phenoxy) is 2. The van der Waals surface area contributed by atoms with Gasteiger partial charge in [-0.05, 0) is 23.3 Å². The second-order valence-electron chi connectivity index (χ2n) is 3.13. The van der Waals surface area contributed by atoms with Crippen LogP contribution in [0.25, 0.3) is 5.57 Å². The van der Waals surface area contributed by atoms with Crippen molar-refractivity contribution >= 4 is 5.57 Å². The summed E-state index contributed by atoms with van der Waals surface area (Å²) in [6.07, 6.45) is 5.41. The molecule has 2 heteroatoms. The van der Waals surface area contributed by atoms with E-state index in [4.69, 9.17) is 9.47 Å². The van der Waals surface area contributed by atoms with Crippen LogP contribution in [0.1, 0.15) is 5.56 Å². The van der Waals surface area contributed by atoms with E-state index >= 15 is 0 Å². The van der Waals surface area contributed by atoms with Crippen LogP contribution >= 0.6 is 0 Å². The van der Waals surface area contributed by atoms with Gasteiger partial charge in [0, 0.05) is 0 Å². The van der Waals surface area contributed by atoms with Crippen LogP contribution in [-0.2, 0) is 0 Å². The molecule has 84 valence electrons. The van der Waals surface area contributed by atoms with E-state index in [1.165, 1.54) is 0 Å². The monoisotopic (exact) mass is 216 g/mol. The molecular weight excluding hydrogens is 200 g/mol. The normalized spacial score (nSPS) is 10.8. The molecule has 0 aliphatic heterocycles. The summed E-state index contributed by atoms with van der Waals surface area (Å²) in [4.78, 5) is 0. The molecule has 1 aromatic rings. The number of benzene rings is 1. The minimum atomic E-state index is 0.705. The maximum atomic E-state index is 5.24. The second kappa shape index (κ2) is 5.81. The van der Waals surface area contributed by atoms with E-state index in [0.717, 1.165) is 11.1 Å². The van der Waals surface area contributed by atoms with Crippen LogP contribution in [0, 0.1) is 0 Å². The summed E-state index contributed by atoms with van der Waals surface area (Å²) in [6.45, 7) is 7.44. The third-order valence-corrected chi connectivity index (χ3v) is 2.23. The van der Waals surface area contributed by atoms with Gasteiger partial charge in [0.15, 0.2) is 11.5 Å². The Morgan fingerprint density at radius 1 is 1.12 bits per heavy atom. The van der Waals surface area contributed by atoms with Gasteiger partial charge in [0.05, 0.1) is 14.2 Å². The van der Waals surface area contributed by atoms with Crippen LogP contribution in [-0.4, -0.2) is 14.2 Å². The lowest BCUT2D eigenvalue weighted by atomic mass is 10.0. The molecule has 0 spiro atoms. The Morgan fingerprint density at radius 2 is 1.81 bits per heavy atom. The highest BCUT2D eigenvalue weighted by molar-refractivity contribution is 5.76. The Labute approximate surface area is 96.5 Å². The van der Waals surface area contributed by atoms with Crippen LogP contribution in [0.2, 0.25) is 0 Å². The topological polar surface area (TPSA) is 18.5 Å². The van der Waals surface area contributed by atoms with Gasteiger partial charge in [-0.15, -0.1) is 0 Å². The van der Waals surface area contributed by atoms with Crippen LogP contribution in [0.5, 0.6) is 11.5 Å². The van der Waals surface area contributed by atoms with Gasteiger partial charge < -0.3 is 9.47 Å². The summed E-state index contributed by atoms with van der Waals surface area (Å²) in [5.74, 6) is 1.42. The fourth-order valence-corrected chi connectivity index (χ4v) is 1.42. The number of hydrogen-bond acceptors (Lipinski definition) is 2. The minimum absolute atomic E-state index is 0.705. The molecular formula is C14H16O2. The molecule has 0 radical (unpaired) electrons. The van der Waals surface area contributed by atoms with Crippen molar-refractivity contribution in [3.8, 4) is 11.5 Å². The van der Waals surface area contributed by atoms with E-state index in [2.05, 4.69) is 13.2 Å². The first-order valence-corrected chi connectivity index (χ1v) is 4.94. The highest BCUT2D eigenvalue weighted by atomic mass is 16.5. The number of rotatable bonds is 5.